The van der Waals surface area contributed by atoms with Crippen molar-refractivity contribution >= 4 is 23.6 Å². The molecule has 23 heavy (non-hydrogen) atoms. The van der Waals surface area contributed by atoms with E-state index in [9.17, 15) is 19.7 Å². The first-order valence-electron chi connectivity index (χ1n) is 6.40. The summed E-state index contributed by atoms with van der Waals surface area (Å²) in [6.07, 6.45) is 2.67. The van der Waals surface area contributed by atoms with Gasteiger partial charge in [-0.2, -0.15) is 0 Å². The van der Waals surface area contributed by atoms with Gasteiger partial charge in [0, 0.05) is 12.1 Å². The van der Waals surface area contributed by atoms with Crippen LogP contribution in [0.2, 0.25) is 0 Å². The Bertz CT molecular complexity index is 747. The molecule has 0 atom stereocenters. The molecule has 0 unspecified atom stereocenters. The first kappa shape index (κ1) is 16.0. The lowest BCUT2D eigenvalue weighted by Crippen LogP contribution is -2.27. The van der Waals surface area contributed by atoms with Crippen LogP contribution in [0.4, 0.5) is 5.69 Å². The zero-order valence-electron chi connectivity index (χ0n) is 12.0. The minimum absolute atomic E-state index is 0.0310. The minimum atomic E-state index is -0.761. The number of nitro benzene ring substituents is 1. The Hall–Kier alpha value is -3.42. The fourth-order valence-corrected chi connectivity index (χ4v) is 1.71. The van der Waals surface area contributed by atoms with Gasteiger partial charge in [0.05, 0.1) is 18.3 Å². The number of carbonyl (C=O) groups excluding carboxylic acids is 2. The van der Waals surface area contributed by atoms with E-state index in [1.807, 2.05) is 0 Å². The lowest BCUT2D eigenvalue weighted by Gasteiger charge is -2.07. The number of nitrogens with zero attached hydrogens (tertiary/aromatic N) is 1. The van der Waals surface area contributed by atoms with Gasteiger partial charge in [-0.1, -0.05) is 0 Å². The number of amides is 1. The van der Waals surface area contributed by atoms with E-state index in [-0.39, 0.29) is 17.1 Å². The number of rotatable bonds is 5. The van der Waals surface area contributed by atoms with Gasteiger partial charge in [0.15, 0.2) is 5.76 Å². The molecule has 8 nitrogen and oxygen atoms in total. The molecule has 118 valence electrons. The van der Waals surface area contributed by atoms with Gasteiger partial charge in [0.1, 0.15) is 5.70 Å². The van der Waals surface area contributed by atoms with Crippen molar-refractivity contribution < 1.29 is 23.7 Å². The lowest BCUT2D eigenvalue weighted by atomic mass is 10.1. The van der Waals surface area contributed by atoms with Crippen molar-refractivity contribution in [2.24, 2.45) is 0 Å². The second-order valence-electron chi connectivity index (χ2n) is 4.33. The van der Waals surface area contributed by atoms with Crippen molar-refractivity contribution in [3.05, 3.63) is 69.8 Å². The molecule has 0 spiro atoms. The molecule has 0 fully saturated rings. The van der Waals surface area contributed by atoms with Gasteiger partial charge in [-0.05, 0) is 35.9 Å². The zero-order chi connectivity index (χ0) is 16.8. The normalized spacial score (nSPS) is 10.9. The number of ether oxygens (including phenoxy) is 1. The summed E-state index contributed by atoms with van der Waals surface area (Å²) in [5.41, 5.74) is 0.278. The van der Waals surface area contributed by atoms with Crippen molar-refractivity contribution in [1.29, 1.82) is 0 Å². The number of carbonyl (C=O) groups is 2. The number of nitrogens with one attached hydrogen (secondary N) is 1. The van der Waals surface area contributed by atoms with Crippen LogP contribution in [0.5, 0.6) is 0 Å². The molecule has 0 saturated carbocycles. The summed E-state index contributed by atoms with van der Waals surface area (Å²) in [6, 6.07) is 8.44. The van der Waals surface area contributed by atoms with Crippen LogP contribution in [-0.4, -0.2) is 23.9 Å². The van der Waals surface area contributed by atoms with Crippen LogP contribution in [0.3, 0.4) is 0 Å². The third-order valence-electron chi connectivity index (χ3n) is 2.81. The van der Waals surface area contributed by atoms with Crippen LogP contribution in [0.15, 0.2) is 52.8 Å². The van der Waals surface area contributed by atoms with Crippen molar-refractivity contribution in [3.8, 4) is 0 Å². The molecule has 1 aromatic heterocycles. The second-order valence-corrected chi connectivity index (χ2v) is 4.33. The number of non-ortho nitro benzene ring substituents is 1. The summed E-state index contributed by atoms with van der Waals surface area (Å²) in [5, 5.41) is 13.0. The highest BCUT2D eigenvalue weighted by molar-refractivity contribution is 6.02. The molecule has 0 saturated heterocycles. The molecule has 0 radical (unpaired) electrons. The van der Waals surface area contributed by atoms with Gasteiger partial charge >= 0.3 is 5.97 Å². The van der Waals surface area contributed by atoms with E-state index >= 15 is 0 Å². The number of esters is 1. The number of furan rings is 1. The quantitative estimate of drug-likeness (QED) is 0.391. The van der Waals surface area contributed by atoms with Crippen molar-refractivity contribution in [2.45, 2.75) is 0 Å². The fourth-order valence-electron chi connectivity index (χ4n) is 1.71. The molecule has 0 aliphatic rings. The van der Waals surface area contributed by atoms with E-state index in [0.29, 0.717) is 5.56 Å². The first-order valence-corrected chi connectivity index (χ1v) is 6.40. The second kappa shape index (κ2) is 7.03. The fraction of sp³-hybridized carbons (Fsp3) is 0.0667. The van der Waals surface area contributed by atoms with Crippen LogP contribution >= 0.6 is 0 Å². The largest absolute Gasteiger partial charge is 0.464 e. The molecule has 1 heterocycles. The number of nitro groups is 1. The van der Waals surface area contributed by atoms with E-state index < -0.39 is 16.8 Å². The van der Waals surface area contributed by atoms with E-state index in [1.54, 1.807) is 0 Å². The van der Waals surface area contributed by atoms with Crippen molar-refractivity contribution in [2.75, 3.05) is 7.11 Å². The molecule has 1 aromatic carbocycles. The van der Waals surface area contributed by atoms with Crippen LogP contribution < -0.4 is 5.32 Å². The van der Waals surface area contributed by atoms with Crippen LogP contribution in [0.25, 0.3) is 6.08 Å². The Morgan fingerprint density at radius 1 is 1.26 bits per heavy atom. The summed E-state index contributed by atoms with van der Waals surface area (Å²) < 4.78 is 9.54. The molecular weight excluding hydrogens is 304 g/mol. The maximum Gasteiger partial charge on any atom is 0.354 e. The number of hydrogen-bond donors (Lipinski definition) is 1. The number of methoxy groups -OCH3 is 1. The highest BCUT2D eigenvalue weighted by Gasteiger charge is 2.16. The molecule has 0 bridgehead atoms. The maximum absolute atomic E-state index is 11.9. The number of hydrogen-bond acceptors (Lipinski definition) is 6. The smallest absolute Gasteiger partial charge is 0.354 e. The van der Waals surface area contributed by atoms with E-state index in [2.05, 4.69) is 10.1 Å². The average molecular weight is 316 g/mol. The predicted molar refractivity (Wildman–Crippen MR) is 79.3 cm³/mol. The molecular formula is C15H12N2O6. The van der Waals surface area contributed by atoms with Gasteiger partial charge in [-0.3, -0.25) is 14.9 Å². The van der Waals surface area contributed by atoms with Crippen molar-refractivity contribution in [3.63, 3.8) is 0 Å². The zero-order valence-corrected chi connectivity index (χ0v) is 12.0. The molecule has 2 rings (SSSR count). The Kier molecular flexibility index (Phi) is 4.88. The summed E-state index contributed by atoms with van der Waals surface area (Å²) in [6.45, 7) is 0. The van der Waals surface area contributed by atoms with Gasteiger partial charge in [0.25, 0.3) is 11.6 Å². The van der Waals surface area contributed by atoms with E-state index in [4.69, 9.17) is 4.42 Å². The van der Waals surface area contributed by atoms with E-state index in [1.165, 1.54) is 55.8 Å². The van der Waals surface area contributed by atoms with Crippen molar-refractivity contribution in [1.82, 2.24) is 5.32 Å². The Labute approximate surface area is 130 Å². The third kappa shape index (κ3) is 4.03. The highest BCUT2D eigenvalue weighted by Crippen LogP contribution is 2.14. The molecule has 8 heteroatoms. The first-order chi connectivity index (χ1) is 11.0. The Morgan fingerprint density at radius 3 is 2.48 bits per heavy atom. The molecule has 0 aliphatic carbocycles. The molecule has 2 aromatic rings. The summed E-state index contributed by atoms with van der Waals surface area (Å²) in [5.74, 6) is -1.35. The molecule has 0 aliphatic heterocycles. The summed E-state index contributed by atoms with van der Waals surface area (Å²) in [4.78, 5) is 33.8. The number of benzene rings is 1. The van der Waals surface area contributed by atoms with Gasteiger partial charge < -0.3 is 14.5 Å². The predicted octanol–water partition coefficient (Wildman–Crippen LogP) is 2.13. The molecule has 1 amide bonds. The van der Waals surface area contributed by atoms with Gasteiger partial charge in [0.2, 0.25) is 0 Å². The summed E-state index contributed by atoms with van der Waals surface area (Å²) >= 11 is 0. The summed E-state index contributed by atoms with van der Waals surface area (Å²) in [7, 11) is 1.17. The maximum atomic E-state index is 11.9. The van der Waals surface area contributed by atoms with Crippen LogP contribution in [0.1, 0.15) is 16.1 Å². The Balaban J connectivity index is 2.25. The standard InChI is InChI=1S/C15H12N2O6/c1-22-15(19)12(16-14(18)13-3-2-8-23-13)9-10-4-6-11(7-5-10)17(20)21/h2-9H,1H3,(H,16,18)/b12-9-. The van der Waals surface area contributed by atoms with E-state index in [0.717, 1.165) is 0 Å². The lowest BCUT2D eigenvalue weighted by molar-refractivity contribution is -0.384. The third-order valence-corrected chi connectivity index (χ3v) is 2.81. The van der Waals surface area contributed by atoms with Crippen LogP contribution in [0, 0.1) is 10.1 Å². The average Bonchev–Trinajstić information content (AvgIpc) is 3.08. The van der Waals surface area contributed by atoms with Gasteiger partial charge in [-0.15, -0.1) is 0 Å². The minimum Gasteiger partial charge on any atom is -0.464 e. The van der Waals surface area contributed by atoms with Gasteiger partial charge in [-0.25, -0.2) is 4.79 Å². The van der Waals surface area contributed by atoms with Crippen LogP contribution in [-0.2, 0) is 9.53 Å². The monoisotopic (exact) mass is 316 g/mol. The SMILES string of the molecule is COC(=O)/C(=C/c1ccc([N+](=O)[O-])cc1)NC(=O)c1ccco1. The topological polar surface area (TPSA) is 112 Å². The molecule has 1 N–H and O–H groups in total. The Morgan fingerprint density at radius 2 is 1.96 bits per heavy atom. The highest BCUT2D eigenvalue weighted by atomic mass is 16.6.